The summed E-state index contributed by atoms with van der Waals surface area (Å²) in [7, 11) is 0. The summed E-state index contributed by atoms with van der Waals surface area (Å²) in [5.41, 5.74) is 22.4. The Hall–Kier alpha value is -2.07. The van der Waals surface area contributed by atoms with Gasteiger partial charge in [-0.1, -0.05) is 23.8 Å². The van der Waals surface area contributed by atoms with Crippen LogP contribution in [0.2, 0.25) is 0 Å². The van der Waals surface area contributed by atoms with Gasteiger partial charge < -0.3 is 17.2 Å². The second kappa shape index (κ2) is 7.50. The Morgan fingerprint density at radius 3 is 2.50 bits per heavy atom. The van der Waals surface area contributed by atoms with E-state index in [4.69, 9.17) is 17.2 Å². The first-order chi connectivity index (χ1) is 9.47. The van der Waals surface area contributed by atoms with Crippen LogP contribution < -0.4 is 17.2 Å². The van der Waals surface area contributed by atoms with Gasteiger partial charge in [0, 0.05) is 18.0 Å². The van der Waals surface area contributed by atoms with Crippen molar-refractivity contribution in [3.63, 3.8) is 0 Å². The van der Waals surface area contributed by atoms with Crippen LogP contribution in [0, 0.1) is 13.8 Å². The molecule has 20 heavy (non-hydrogen) atoms. The van der Waals surface area contributed by atoms with Crippen LogP contribution in [0.15, 0.2) is 46.7 Å². The molecule has 0 aliphatic rings. The fraction of sp³-hybridized carbons (Fsp3) is 0.312. The van der Waals surface area contributed by atoms with Crippen molar-refractivity contribution in [3.8, 4) is 0 Å². The van der Waals surface area contributed by atoms with Gasteiger partial charge in [0.05, 0.1) is 6.17 Å². The Morgan fingerprint density at radius 1 is 1.25 bits per heavy atom. The number of nitrogens with zero attached hydrogens (tertiary/aromatic N) is 1. The molecule has 0 heterocycles. The van der Waals surface area contributed by atoms with Gasteiger partial charge in [-0.15, -0.1) is 0 Å². The van der Waals surface area contributed by atoms with E-state index >= 15 is 0 Å². The van der Waals surface area contributed by atoms with E-state index in [2.05, 4.69) is 37.0 Å². The normalized spacial score (nSPS) is 14.8. The molecule has 0 spiro atoms. The largest absolute Gasteiger partial charge is 0.404 e. The number of allylic oxidation sites excluding steroid dienone is 2. The van der Waals surface area contributed by atoms with Crippen LogP contribution in [0.25, 0.3) is 0 Å². The molecule has 4 nitrogen and oxygen atoms in total. The number of aryl methyl sites for hydroxylation is 2. The van der Waals surface area contributed by atoms with E-state index in [1.54, 1.807) is 19.3 Å². The lowest BCUT2D eigenvalue weighted by Crippen LogP contribution is -2.12. The topological polar surface area (TPSA) is 90.4 Å². The maximum Gasteiger partial charge on any atom is 0.0940 e. The Labute approximate surface area is 121 Å². The molecule has 4 heteroatoms. The van der Waals surface area contributed by atoms with E-state index in [0.717, 1.165) is 17.6 Å². The van der Waals surface area contributed by atoms with E-state index in [1.165, 1.54) is 22.9 Å². The molecule has 0 saturated heterocycles. The number of hydrogen-bond acceptors (Lipinski definition) is 4. The predicted octanol–water partition coefficient (Wildman–Crippen LogP) is 1.91. The van der Waals surface area contributed by atoms with Gasteiger partial charge >= 0.3 is 0 Å². The van der Waals surface area contributed by atoms with Crippen LogP contribution in [-0.4, -0.2) is 12.4 Å². The second-order valence-electron chi connectivity index (χ2n) is 4.94. The minimum Gasteiger partial charge on any atom is -0.404 e. The van der Waals surface area contributed by atoms with Gasteiger partial charge in [0.2, 0.25) is 0 Å². The maximum atomic E-state index is 5.74. The molecule has 108 valence electrons. The monoisotopic (exact) mass is 272 g/mol. The molecule has 1 rings (SSSR count). The summed E-state index contributed by atoms with van der Waals surface area (Å²) >= 11 is 0. The van der Waals surface area contributed by atoms with Crippen LogP contribution in [0.3, 0.4) is 0 Å². The first kappa shape index (κ1) is 16.0. The maximum absolute atomic E-state index is 5.74. The second-order valence-corrected chi connectivity index (χ2v) is 4.94. The first-order valence-electron chi connectivity index (χ1n) is 6.65. The zero-order chi connectivity index (χ0) is 15.1. The highest BCUT2D eigenvalue weighted by Crippen LogP contribution is 2.18. The zero-order valence-corrected chi connectivity index (χ0v) is 12.4. The molecule has 1 aromatic rings. The van der Waals surface area contributed by atoms with Crippen molar-refractivity contribution in [2.75, 3.05) is 0 Å². The van der Waals surface area contributed by atoms with E-state index in [9.17, 15) is 0 Å². The van der Waals surface area contributed by atoms with E-state index in [-0.39, 0.29) is 6.17 Å². The minimum atomic E-state index is -0.260. The minimum absolute atomic E-state index is 0.260. The van der Waals surface area contributed by atoms with Crippen LogP contribution >= 0.6 is 0 Å². The van der Waals surface area contributed by atoms with Gasteiger partial charge in [0.1, 0.15) is 0 Å². The van der Waals surface area contributed by atoms with E-state index < -0.39 is 0 Å². The summed E-state index contributed by atoms with van der Waals surface area (Å²) in [5.74, 6) is 0. The van der Waals surface area contributed by atoms with Gasteiger partial charge in [-0.2, -0.15) is 0 Å². The summed E-state index contributed by atoms with van der Waals surface area (Å²) in [6, 6.07) is 6.37. The van der Waals surface area contributed by atoms with Gasteiger partial charge in [0.25, 0.3) is 0 Å². The first-order valence-corrected chi connectivity index (χ1v) is 6.65. The van der Waals surface area contributed by atoms with Crippen molar-refractivity contribution in [1.82, 2.24) is 0 Å². The Kier molecular flexibility index (Phi) is 6.00. The van der Waals surface area contributed by atoms with Crippen molar-refractivity contribution < 1.29 is 0 Å². The van der Waals surface area contributed by atoms with Crippen LogP contribution in [0.1, 0.15) is 23.6 Å². The van der Waals surface area contributed by atoms with Crippen LogP contribution in [-0.2, 0) is 6.42 Å². The Balaban J connectivity index is 3.00. The summed E-state index contributed by atoms with van der Waals surface area (Å²) in [5, 5.41) is 0. The zero-order valence-electron chi connectivity index (χ0n) is 12.4. The fourth-order valence-electron chi connectivity index (χ4n) is 1.88. The number of aliphatic imine (C=N–C) groups is 1. The van der Waals surface area contributed by atoms with Crippen molar-refractivity contribution in [3.05, 3.63) is 58.4 Å². The fourth-order valence-corrected chi connectivity index (χ4v) is 1.88. The summed E-state index contributed by atoms with van der Waals surface area (Å²) in [6.45, 7) is 5.97. The average molecular weight is 272 g/mol. The highest BCUT2D eigenvalue weighted by molar-refractivity contribution is 5.84. The molecule has 1 aromatic carbocycles. The third kappa shape index (κ3) is 4.55. The van der Waals surface area contributed by atoms with Gasteiger partial charge in [0.15, 0.2) is 0 Å². The number of rotatable bonds is 5. The molecule has 1 atom stereocenters. The smallest absolute Gasteiger partial charge is 0.0940 e. The Bertz CT molecular complexity index is 539. The lowest BCUT2D eigenvalue weighted by Gasteiger charge is -2.11. The molecule has 6 N–H and O–H groups in total. The summed E-state index contributed by atoms with van der Waals surface area (Å²) in [4.78, 5) is 4.15. The third-order valence-corrected chi connectivity index (χ3v) is 3.09. The van der Waals surface area contributed by atoms with Gasteiger partial charge in [-0.25, -0.2) is 0 Å². The molecule has 0 fully saturated rings. The van der Waals surface area contributed by atoms with Crippen molar-refractivity contribution in [2.24, 2.45) is 22.2 Å². The molecule has 0 saturated carbocycles. The number of benzene rings is 1. The average Bonchev–Trinajstić information content (AvgIpc) is 2.41. The standard InChI is InChI=1S/C16H24N4/c1-11-4-5-12(2)14(6-11)7-15(8-17)16(9-18)10-20-13(3)19/h4-6,8-10,13H,7,17-19H2,1-3H3/b15-8+,16-9?,20-10?. The Morgan fingerprint density at radius 2 is 1.95 bits per heavy atom. The van der Waals surface area contributed by atoms with E-state index in [1.807, 2.05) is 0 Å². The van der Waals surface area contributed by atoms with Crippen molar-refractivity contribution >= 4 is 6.21 Å². The molecule has 0 radical (unpaired) electrons. The molecule has 0 aliphatic carbocycles. The predicted molar refractivity (Wildman–Crippen MR) is 86.3 cm³/mol. The lowest BCUT2D eigenvalue weighted by atomic mass is 9.95. The van der Waals surface area contributed by atoms with Crippen molar-refractivity contribution in [1.29, 1.82) is 0 Å². The van der Waals surface area contributed by atoms with Crippen molar-refractivity contribution in [2.45, 2.75) is 33.4 Å². The highest BCUT2D eigenvalue weighted by atomic mass is 14.9. The van der Waals surface area contributed by atoms with Gasteiger partial charge in [-0.05, 0) is 50.1 Å². The summed E-state index contributed by atoms with van der Waals surface area (Å²) < 4.78 is 0. The molecule has 0 bridgehead atoms. The summed E-state index contributed by atoms with van der Waals surface area (Å²) in [6.07, 6.45) is 5.22. The molecule has 0 aromatic heterocycles. The van der Waals surface area contributed by atoms with Crippen LogP contribution in [0.5, 0.6) is 0 Å². The number of nitrogens with two attached hydrogens (primary N) is 3. The SMILES string of the molecule is Cc1ccc(C)c(C/C(=C\N)C(C=NC(C)N)=CN)c1. The van der Waals surface area contributed by atoms with Crippen LogP contribution in [0.4, 0.5) is 0 Å². The quantitative estimate of drug-likeness (QED) is 0.565. The van der Waals surface area contributed by atoms with Gasteiger partial charge in [-0.3, -0.25) is 4.99 Å². The molecular formula is C16H24N4. The third-order valence-electron chi connectivity index (χ3n) is 3.09. The molecule has 1 unspecified atom stereocenters. The molecule has 0 amide bonds. The van der Waals surface area contributed by atoms with E-state index in [0.29, 0.717) is 0 Å². The molecule has 0 aliphatic heterocycles. The lowest BCUT2D eigenvalue weighted by molar-refractivity contribution is 0.796. The highest BCUT2D eigenvalue weighted by Gasteiger charge is 2.07. The number of hydrogen-bond donors (Lipinski definition) is 3. The molecular weight excluding hydrogens is 248 g/mol.